The van der Waals surface area contributed by atoms with Gasteiger partial charge < -0.3 is 4.52 Å². The fourth-order valence-electron chi connectivity index (χ4n) is 0.921. The molecule has 0 saturated heterocycles. The Morgan fingerprint density at radius 2 is 2.29 bits per heavy atom. The first kappa shape index (κ1) is 9.67. The van der Waals surface area contributed by atoms with Crippen molar-refractivity contribution in [3.63, 3.8) is 0 Å². The van der Waals surface area contributed by atoms with Crippen molar-refractivity contribution in [2.45, 2.75) is 23.9 Å². The van der Waals surface area contributed by atoms with Crippen LogP contribution in [0.3, 0.4) is 0 Å². The molecule has 0 aliphatic rings. The largest absolute Gasteiger partial charge is 0.338 e. The Morgan fingerprint density at radius 3 is 2.86 bits per heavy atom. The van der Waals surface area contributed by atoms with Gasteiger partial charge in [0, 0.05) is 11.1 Å². The summed E-state index contributed by atoms with van der Waals surface area (Å²) in [7, 11) is 0. The summed E-state index contributed by atoms with van der Waals surface area (Å²) in [6, 6.07) is 0. The number of thiazole rings is 1. The second-order valence-corrected chi connectivity index (χ2v) is 4.86. The van der Waals surface area contributed by atoms with Crippen LogP contribution in [0.15, 0.2) is 14.2 Å². The molecule has 4 nitrogen and oxygen atoms in total. The van der Waals surface area contributed by atoms with Crippen LogP contribution in [0, 0.1) is 13.8 Å². The van der Waals surface area contributed by atoms with Crippen molar-refractivity contribution in [2.24, 2.45) is 0 Å². The van der Waals surface area contributed by atoms with E-state index in [2.05, 4.69) is 15.1 Å². The molecule has 0 spiro atoms. The standard InChI is InChI=1S/C8H9N3OS2/c1-5-3-13-8(9-5)14-4-7-10-6(2)11-12-7/h3H,4H2,1-2H3. The van der Waals surface area contributed by atoms with Crippen LogP contribution in [0.25, 0.3) is 0 Å². The maximum Gasteiger partial charge on any atom is 0.237 e. The van der Waals surface area contributed by atoms with Gasteiger partial charge >= 0.3 is 0 Å². The van der Waals surface area contributed by atoms with Crippen molar-refractivity contribution >= 4 is 23.1 Å². The summed E-state index contributed by atoms with van der Waals surface area (Å²) < 4.78 is 6.03. The maximum absolute atomic E-state index is 4.99. The Bertz CT molecular complexity index is 383. The van der Waals surface area contributed by atoms with Crippen molar-refractivity contribution in [1.82, 2.24) is 15.1 Å². The van der Waals surface area contributed by atoms with Crippen LogP contribution in [-0.2, 0) is 5.75 Å². The maximum atomic E-state index is 4.99. The Hall–Kier alpha value is -0.880. The van der Waals surface area contributed by atoms with Gasteiger partial charge in [0.2, 0.25) is 5.89 Å². The molecule has 0 aliphatic carbocycles. The van der Waals surface area contributed by atoms with Crippen LogP contribution in [0.1, 0.15) is 17.4 Å². The summed E-state index contributed by atoms with van der Waals surface area (Å²) in [5.41, 5.74) is 1.05. The van der Waals surface area contributed by atoms with E-state index in [0.717, 1.165) is 10.0 Å². The van der Waals surface area contributed by atoms with Gasteiger partial charge in [0.15, 0.2) is 10.2 Å². The zero-order valence-corrected chi connectivity index (χ0v) is 9.48. The highest BCUT2D eigenvalue weighted by Crippen LogP contribution is 2.25. The van der Waals surface area contributed by atoms with Crippen LogP contribution < -0.4 is 0 Å². The smallest absolute Gasteiger partial charge is 0.237 e. The summed E-state index contributed by atoms with van der Waals surface area (Å²) in [4.78, 5) is 8.43. The van der Waals surface area contributed by atoms with Gasteiger partial charge in [-0.15, -0.1) is 11.3 Å². The molecule has 6 heteroatoms. The summed E-state index contributed by atoms with van der Waals surface area (Å²) >= 11 is 3.26. The van der Waals surface area contributed by atoms with Gasteiger partial charge in [0.05, 0.1) is 5.75 Å². The number of rotatable bonds is 3. The van der Waals surface area contributed by atoms with E-state index in [0.29, 0.717) is 17.5 Å². The lowest BCUT2D eigenvalue weighted by Gasteiger charge is -1.89. The van der Waals surface area contributed by atoms with Gasteiger partial charge in [0.25, 0.3) is 0 Å². The predicted octanol–water partition coefficient (Wildman–Crippen LogP) is 2.44. The molecule has 0 radical (unpaired) electrons. The first-order valence-electron chi connectivity index (χ1n) is 4.08. The van der Waals surface area contributed by atoms with Gasteiger partial charge in [-0.2, -0.15) is 4.98 Å². The second kappa shape index (κ2) is 4.10. The second-order valence-electron chi connectivity index (χ2n) is 2.78. The normalized spacial score (nSPS) is 10.7. The monoisotopic (exact) mass is 227 g/mol. The molecule has 0 unspecified atom stereocenters. The summed E-state index contributed by atoms with van der Waals surface area (Å²) in [6.45, 7) is 3.79. The van der Waals surface area contributed by atoms with Crippen LogP contribution in [0.2, 0.25) is 0 Å². The molecule has 0 bridgehead atoms. The molecule has 0 fully saturated rings. The predicted molar refractivity (Wildman–Crippen MR) is 55.4 cm³/mol. The van der Waals surface area contributed by atoms with E-state index in [1.54, 1.807) is 23.1 Å². The molecule has 0 N–H and O–H groups in total. The molecule has 0 aromatic carbocycles. The number of nitrogens with zero attached hydrogens (tertiary/aromatic N) is 3. The third-order valence-corrected chi connectivity index (χ3v) is 3.61. The highest BCUT2D eigenvalue weighted by molar-refractivity contribution is 8.00. The van der Waals surface area contributed by atoms with E-state index in [4.69, 9.17) is 4.52 Å². The fourth-order valence-corrected chi connectivity index (χ4v) is 2.61. The van der Waals surface area contributed by atoms with Crippen molar-refractivity contribution in [1.29, 1.82) is 0 Å². The average Bonchev–Trinajstić information content (AvgIpc) is 2.72. The van der Waals surface area contributed by atoms with Gasteiger partial charge in [-0.1, -0.05) is 16.9 Å². The van der Waals surface area contributed by atoms with Crippen LogP contribution >= 0.6 is 23.1 Å². The molecule has 0 saturated carbocycles. The van der Waals surface area contributed by atoms with Gasteiger partial charge in [0.1, 0.15) is 0 Å². The van der Waals surface area contributed by atoms with Crippen molar-refractivity contribution in [3.05, 3.63) is 22.8 Å². The highest BCUT2D eigenvalue weighted by atomic mass is 32.2. The Morgan fingerprint density at radius 1 is 1.43 bits per heavy atom. The molecular weight excluding hydrogens is 218 g/mol. The van der Waals surface area contributed by atoms with Crippen molar-refractivity contribution < 1.29 is 4.52 Å². The van der Waals surface area contributed by atoms with Crippen LogP contribution in [-0.4, -0.2) is 15.1 Å². The number of hydrogen-bond donors (Lipinski definition) is 0. The Balaban J connectivity index is 1.94. The Labute approximate surface area is 89.8 Å². The molecular formula is C8H9N3OS2. The van der Waals surface area contributed by atoms with Crippen molar-refractivity contribution in [2.75, 3.05) is 0 Å². The number of aryl methyl sites for hydroxylation is 2. The summed E-state index contributed by atoms with van der Waals surface area (Å²) in [5, 5.41) is 5.75. The Kier molecular flexibility index (Phi) is 2.83. The van der Waals surface area contributed by atoms with E-state index < -0.39 is 0 Å². The lowest BCUT2D eigenvalue weighted by atomic mass is 10.6. The molecule has 0 amide bonds. The average molecular weight is 227 g/mol. The number of hydrogen-bond acceptors (Lipinski definition) is 6. The van der Waals surface area contributed by atoms with Crippen LogP contribution in [0.5, 0.6) is 0 Å². The fraction of sp³-hybridized carbons (Fsp3) is 0.375. The third-order valence-electron chi connectivity index (χ3n) is 1.49. The molecule has 2 heterocycles. The van der Waals surface area contributed by atoms with E-state index >= 15 is 0 Å². The minimum Gasteiger partial charge on any atom is -0.338 e. The molecule has 74 valence electrons. The zero-order valence-electron chi connectivity index (χ0n) is 7.85. The van der Waals surface area contributed by atoms with Crippen molar-refractivity contribution in [3.8, 4) is 0 Å². The van der Waals surface area contributed by atoms with E-state index in [-0.39, 0.29) is 0 Å². The highest BCUT2D eigenvalue weighted by Gasteiger charge is 2.05. The molecule has 2 aromatic rings. The lowest BCUT2D eigenvalue weighted by molar-refractivity contribution is 0.387. The minimum absolute atomic E-state index is 0.653. The molecule has 2 rings (SSSR count). The SMILES string of the molecule is Cc1csc(SCc2nc(C)no2)n1. The summed E-state index contributed by atoms with van der Waals surface area (Å²) in [6.07, 6.45) is 0. The zero-order chi connectivity index (χ0) is 9.97. The first-order chi connectivity index (χ1) is 6.74. The molecule has 0 aliphatic heterocycles. The molecule has 14 heavy (non-hydrogen) atoms. The molecule has 0 atom stereocenters. The van der Waals surface area contributed by atoms with E-state index in [1.807, 2.05) is 19.2 Å². The van der Waals surface area contributed by atoms with E-state index in [1.165, 1.54) is 0 Å². The van der Waals surface area contributed by atoms with Crippen LogP contribution in [0.4, 0.5) is 0 Å². The van der Waals surface area contributed by atoms with Gasteiger partial charge in [-0.3, -0.25) is 0 Å². The number of thioether (sulfide) groups is 1. The summed E-state index contributed by atoms with van der Waals surface area (Å²) in [5.74, 6) is 2.02. The quantitative estimate of drug-likeness (QED) is 0.754. The van der Waals surface area contributed by atoms with E-state index in [9.17, 15) is 0 Å². The number of aromatic nitrogens is 3. The molecule has 2 aromatic heterocycles. The topological polar surface area (TPSA) is 51.8 Å². The lowest BCUT2D eigenvalue weighted by Crippen LogP contribution is -1.80. The van der Waals surface area contributed by atoms with Gasteiger partial charge in [-0.05, 0) is 13.8 Å². The first-order valence-corrected chi connectivity index (χ1v) is 5.94. The van der Waals surface area contributed by atoms with Gasteiger partial charge in [-0.25, -0.2) is 4.98 Å². The minimum atomic E-state index is 0.653. The third kappa shape index (κ3) is 2.33.